The summed E-state index contributed by atoms with van der Waals surface area (Å²) >= 11 is 0. The lowest BCUT2D eigenvalue weighted by Crippen LogP contribution is -2.32. The van der Waals surface area contributed by atoms with Crippen LogP contribution in [0.5, 0.6) is 0 Å². The molecule has 0 aliphatic carbocycles. The Morgan fingerprint density at radius 2 is 1.50 bits per heavy atom. The molecule has 0 bridgehead atoms. The average Bonchev–Trinajstić information content (AvgIpc) is 2.11. The van der Waals surface area contributed by atoms with Crippen molar-refractivity contribution >= 4 is 0 Å². The fourth-order valence-electron chi connectivity index (χ4n) is 1.32. The predicted octanol–water partition coefficient (Wildman–Crippen LogP) is 3.03. The third-order valence-corrected chi connectivity index (χ3v) is 2.32. The number of hydrogen-bond donors (Lipinski definition) is 1. The highest BCUT2D eigenvalue weighted by atomic mass is 19.1. The van der Waals surface area contributed by atoms with Gasteiger partial charge in [-0.25, -0.2) is 4.39 Å². The summed E-state index contributed by atoms with van der Waals surface area (Å²) in [5.41, 5.74) is 4.34. The van der Waals surface area contributed by atoms with E-state index >= 15 is 0 Å². The Kier molecular flexibility index (Phi) is 6.35. The molecule has 0 aliphatic rings. The lowest BCUT2D eigenvalue weighted by Gasteiger charge is -2.23. The highest BCUT2D eigenvalue weighted by Crippen LogP contribution is 2.24. The quantitative estimate of drug-likeness (QED) is 0.632. The average molecular weight is 175 g/mol. The van der Waals surface area contributed by atoms with Crippen molar-refractivity contribution < 1.29 is 4.39 Å². The summed E-state index contributed by atoms with van der Waals surface area (Å²) in [6, 6.07) is 0. The van der Waals surface area contributed by atoms with Crippen molar-refractivity contribution in [3.8, 4) is 0 Å². The molecule has 2 heteroatoms. The SMILES string of the molecule is CCCCC(F)(CN)CCCC. The number of hydrogen-bond acceptors (Lipinski definition) is 1. The third-order valence-electron chi connectivity index (χ3n) is 2.32. The molecule has 74 valence electrons. The maximum atomic E-state index is 13.8. The molecule has 0 atom stereocenters. The second-order valence-corrected chi connectivity index (χ2v) is 3.56. The van der Waals surface area contributed by atoms with Gasteiger partial charge in [-0.15, -0.1) is 0 Å². The maximum absolute atomic E-state index is 13.8. The molecular weight excluding hydrogens is 153 g/mol. The van der Waals surface area contributed by atoms with Crippen LogP contribution < -0.4 is 5.73 Å². The van der Waals surface area contributed by atoms with Gasteiger partial charge in [0.15, 0.2) is 0 Å². The van der Waals surface area contributed by atoms with Crippen molar-refractivity contribution in [3.63, 3.8) is 0 Å². The van der Waals surface area contributed by atoms with Crippen LogP contribution in [0.4, 0.5) is 4.39 Å². The number of halogens is 1. The smallest absolute Gasteiger partial charge is 0.123 e. The van der Waals surface area contributed by atoms with Gasteiger partial charge in [0.1, 0.15) is 5.67 Å². The molecule has 0 spiro atoms. The van der Waals surface area contributed by atoms with Crippen molar-refractivity contribution in [2.75, 3.05) is 6.54 Å². The molecule has 0 unspecified atom stereocenters. The van der Waals surface area contributed by atoms with Crippen LogP contribution in [0.15, 0.2) is 0 Å². The van der Waals surface area contributed by atoms with Crippen LogP contribution in [0.2, 0.25) is 0 Å². The van der Waals surface area contributed by atoms with Crippen LogP contribution in [0.3, 0.4) is 0 Å². The van der Waals surface area contributed by atoms with Crippen LogP contribution in [-0.2, 0) is 0 Å². The molecule has 0 aromatic heterocycles. The van der Waals surface area contributed by atoms with E-state index in [9.17, 15) is 4.39 Å². The topological polar surface area (TPSA) is 26.0 Å². The van der Waals surface area contributed by atoms with E-state index in [0.717, 1.165) is 25.7 Å². The van der Waals surface area contributed by atoms with Crippen molar-refractivity contribution in [2.24, 2.45) is 5.73 Å². The molecule has 0 aliphatic heterocycles. The van der Waals surface area contributed by atoms with Gasteiger partial charge in [0.25, 0.3) is 0 Å². The van der Waals surface area contributed by atoms with Crippen molar-refractivity contribution in [3.05, 3.63) is 0 Å². The molecular formula is C10H22FN. The van der Waals surface area contributed by atoms with E-state index in [2.05, 4.69) is 13.8 Å². The van der Waals surface area contributed by atoms with E-state index in [1.807, 2.05) is 0 Å². The lowest BCUT2D eigenvalue weighted by molar-refractivity contribution is 0.139. The highest BCUT2D eigenvalue weighted by molar-refractivity contribution is 4.79. The molecule has 0 saturated carbocycles. The standard InChI is InChI=1S/C10H22FN/c1-3-5-7-10(11,9-12)8-6-4-2/h3-9,12H2,1-2H3. The minimum atomic E-state index is -1.08. The molecule has 0 amide bonds. The molecule has 0 aromatic rings. The van der Waals surface area contributed by atoms with E-state index in [-0.39, 0.29) is 6.54 Å². The van der Waals surface area contributed by atoms with E-state index in [4.69, 9.17) is 5.73 Å². The second-order valence-electron chi connectivity index (χ2n) is 3.56. The van der Waals surface area contributed by atoms with Crippen LogP contribution in [-0.4, -0.2) is 12.2 Å². The Hall–Kier alpha value is -0.110. The van der Waals surface area contributed by atoms with E-state index in [0.29, 0.717) is 12.8 Å². The summed E-state index contributed by atoms with van der Waals surface area (Å²) in [6.45, 7) is 4.35. The van der Waals surface area contributed by atoms with Crippen molar-refractivity contribution in [1.29, 1.82) is 0 Å². The van der Waals surface area contributed by atoms with Gasteiger partial charge < -0.3 is 5.73 Å². The first-order valence-corrected chi connectivity index (χ1v) is 5.07. The number of rotatable bonds is 7. The van der Waals surface area contributed by atoms with Gasteiger partial charge in [-0.05, 0) is 12.8 Å². The molecule has 0 heterocycles. The largest absolute Gasteiger partial charge is 0.328 e. The zero-order chi connectivity index (χ0) is 9.45. The molecule has 2 N–H and O–H groups in total. The van der Waals surface area contributed by atoms with Crippen LogP contribution in [0, 0.1) is 0 Å². The fourth-order valence-corrected chi connectivity index (χ4v) is 1.32. The Bertz CT molecular complexity index is 96.0. The van der Waals surface area contributed by atoms with Crippen LogP contribution in [0.25, 0.3) is 0 Å². The monoisotopic (exact) mass is 175 g/mol. The molecule has 12 heavy (non-hydrogen) atoms. The van der Waals surface area contributed by atoms with Gasteiger partial charge in [0.05, 0.1) is 0 Å². The van der Waals surface area contributed by atoms with Gasteiger partial charge in [-0.1, -0.05) is 39.5 Å². The van der Waals surface area contributed by atoms with E-state index in [1.54, 1.807) is 0 Å². The zero-order valence-electron chi connectivity index (χ0n) is 8.41. The molecule has 0 rings (SSSR count). The number of nitrogens with two attached hydrogens (primary N) is 1. The van der Waals surface area contributed by atoms with E-state index in [1.165, 1.54) is 0 Å². The van der Waals surface area contributed by atoms with Crippen molar-refractivity contribution in [1.82, 2.24) is 0 Å². The normalized spacial score (nSPS) is 12.0. The summed E-state index contributed by atoms with van der Waals surface area (Å²) in [7, 11) is 0. The van der Waals surface area contributed by atoms with E-state index < -0.39 is 5.67 Å². The first kappa shape index (κ1) is 11.9. The summed E-state index contributed by atoms with van der Waals surface area (Å²) in [4.78, 5) is 0. The van der Waals surface area contributed by atoms with Gasteiger partial charge in [-0.2, -0.15) is 0 Å². The van der Waals surface area contributed by atoms with Crippen LogP contribution >= 0.6 is 0 Å². The maximum Gasteiger partial charge on any atom is 0.123 e. The Balaban J connectivity index is 3.70. The minimum Gasteiger partial charge on any atom is -0.328 e. The third kappa shape index (κ3) is 4.70. The summed E-state index contributed by atoms with van der Waals surface area (Å²) in [5.74, 6) is 0. The highest BCUT2D eigenvalue weighted by Gasteiger charge is 2.25. The fraction of sp³-hybridized carbons (Fsp3) is 1.00. The van der Waals surface area contributed by atoms with Crippen molar-refractivity contribution in [2.45, 2.75) is 58.0 Å². The summed E-state index contributed by atoms with van der Waals surface area (Å²) < 4.78 is 13.8. The molecule has 0 radical (unpaired) electrons. The minimum absolute atomic E-state index is 0.188. The second kappa shape index (κ2) is 6.41. The van der Waals surface area contributed by atoms with Gasteiger partial charge >= 0.3 is 0 Å². The first-order chi connectivity index (χ1) is 5.68. The number of unbranched alkanes of at least 4 members (excludes halogenated alkanes) is 2. The molecule has 0 saturated heterocycles. The molecule has 0 aromatic carbocycles. The zero-order valence-corrected chi connectivity index (χ0v) is 8.41. The Morgan fingerprint density at radius 1 is 1.08 bits per heavy atom. The van der Waals surface area contributed by atoms with Gasteiger partial charge in [0, 0.05) is 6.54 Å². The van der Waals surface area contributed by atoms with Gasteiger partial charge in [-0.3, -0.25) is 0 Å². The van der Waals surface area contributed by atoms with Gasteiger partial charge in [0.2, 0.25) is 0 Å². The lowest BCUT2D eigenvalue weighted by atomic mass is 9.93. The summed E-state index contributed by atoms with van der Waals surface area (Å²) in [5, 5.41) is 0. The Labute approximate surface area is 75.5 Å². The van der Waals surface area contributed by atoms with Crippen LogP contribution in [0.1, 0.15) is 52.4 Å². The summed E-state index contributed by atoms with van der Waals surface area (Å²) in [6.07, 6.45) is 5.30. The first-order valence-electron chi connectivity index (χ1n) is 5.07. The molecule has 1 nitrogen and oxygen atoms in total. The molecule has 0 fully saturated rings. The predicted molar refractivity (Wildman–Crippen MR) is 51.9 cm³/mol. The number of alkyl halides is 1. The Morgan fingerprint density at radius 3 is 1.75 bits per heavy atom.